The van der Waals surface area contributed by atoms with Crippen molar-refractivity contribution in [3.8, 4) is 5.75 Å². The van der Waals surface area contributed by atoms with Gasteiger partial charge in [-0.1, -0.05) is 19.8 Å². The molecule has 1 aliphatic rings. The summed E-state index contributed by atoms with van der Waals surface area (Å²) in [5.41, 5.74) is 5.69. The van der Waals surface area contributed by atoms with E-state index in [2.05, 4.69) is 16.8 Å². The van der Waals surface area contributed by atoms with Gasteiger partial charge in [-0.15, -0.1) is 0 Å². The minimum absolute atomic E-state index is 0.598. The molecule has 4 heteroatoms. The molecule has 1 aromatic rings. The van der Waals surface area contributed by atoms with Gasteiger partial charge >= 0.3 is 0 Å². The SMILES string of the molecule is CCCOc1cccnc1N(CCCN)C1CCCC1. The summed E-state index contributed by atoms with van der Waals surface area (Å²) in [4.78, 5) is 7.01. The molecule has 1 aromatic heterocycles. The predicted molar refractivity (Wildman–Crippen MR) is 83.3 cm³/mol. The molecule has 4 nitrogen and oxygen atoms in total. The Balaban J connectivity index is 2.17. The molecular formula is C16H27N3O. The van der Waals surface area contributed by atoms with Crippen LogP contribution in [0.4, 0.5) is 5.82 Å². The summed E-state index contributed by atoms with van der Waals surface area (Å²) in [6, 6.07) is 4.58. The second-order valence-electron chi connectivity index (χ2n) is 5.45. The Morgan fingerprint density at radius 1 is 1.40 bits per heavy atom. The van der Waals surface area contributed by atoms with Gasteiger partial charge in [-0.3, -0.25) is 0 Å². The second-order valence-corrected chi connectivity index (χ2v) is 5.45. The second kappa shape index (κ2) is 8.10. The maximum Gasteiger partial charge on any atom is 0.171 e. The van der Waals surface area contributed by atoms with Gasteiger partial charge in [0.2, 0.25) is 0 Å². The number of pyridine rings is 1. The van der Waals surface area contributed by atoms with E-state index in [1.807, 2.05) is 18.3 Å². The van der Waals surface area contributed by atoms with E-state index in [1.165, 1.54) is 25.7 Å². The number of anilines is 1. The van der Waals surface area contributed by atoms with Gasteiger partial charge in [0.25, 0.3) is 0 Å². The maximum atomic E-state index is 5.87. The average Bonchev–Trinajstić information content (AvgIpc) is 3.01. The van der Waals surface area contributed by atoms with E-state index < -0.39 is 0 Å². The van der Waals surface area contributed by atoms with E-state index in [0.29, 0.717) is 6.04 Å². The largest absolute Gasteiger partial charge is 0.490 e. The highest BCUT2D eigenvalue weighted by atomic mass is 16.5. The van der Waals surface area contributed by atoms with Crippen LogP contribution in [0, 0.1) is 0 Å². The molecule has 1 aliphatic carbocycles. The molecule has 0 unspecified atom stereocenters. The van der Waals surface area contributed by atoms with Gasteiger partial charge in [0.15, 0.2) is 11.6 Å². The molecule has 0 bridgehead atoms. The van der Waals surface area contributed by atoms with Crippen molar-refractivity contribution in [2.45, 2.75) is 51.5 Å². The highest BCUT2D eigenvalue weighted by Crippen LogP contribution is 2.32. The van der Waals surface area contributed by atoms with Gasteiger partial charge in [-0.2, -0.15) is 0 Å². The molecule has 0 amide bonds. The summed E-state index contributed by atoms with van der Waals surface area (Å²) >= 11 is 0. The van der Waals surface area contributed by atoms with Crippen LogP contribution in [0.5, 0.6) is 5.75 Å². The van der Waals surface area contributed by atoms with Crippen LogP contribution in [-0.2, 0) is 0 Å². The minimum Gasteiger partial charge on any atom is -0.490 e. The lowest BCUT2D eigenvalue weighted by molar-refractivity contribution is 0.315. The summed E-state index contributed by atoms with van der Waals surface area (Å²) in [6.45, 7) is 4.56. The molecule has 0 atom stereocenters. The van der Waals surface area contributed by atoms with Crippen LogP contribution in [0.3, 0.4) is 0 Å². The lowest BCUT2D eigenvalue weighted by Crippen LogP contribution is -2.36. The summed E-state index contributed by atoms with van der Waals surface area (Å²) in [7, 11) is 0. The van der Waals surface area contributed by atoms with Crippen LogP contribution in [0.1, 0.15) is 45.4 Å². The zero-order chi connectivity index (χ0) is 14.2. The molecule has 2 N–H and O–H groups in total. The fourth-order valence-corrected chi connectivity index (χ4v) is 2.86. The number of aromatic nitrogens is 1. The van der Waals surface area contributed by atoms with E-state index in [0.717, 1.165) is 44.1 Å². The molecule has 0 radical (unpaired) electrons. The molecule has 0 saturated heterocycles. The lowest BCUT2D eigenvalue weighted by atomic mass is 10.2. The Hall–Kier alpha value is -1.29. The first-order chi connectivity index (χ1) is 9.86. The van der Waals surface area contributed by atoms with Crippen molar-refractivity contribution in [1.29, 1.82) is 0 Å². The summed E-state index contributed by atoms with van der Waals surface area (Å²) < 4.78 is 5.87. The lowest BCUT2D eigenvalue weighted by Gasteiger charge is -2.31. The first kappa shape index (κ1) is 15.1. The Kier molecular flexibility index (Phi) is 6.12. The maximum absolute atomic E-state index is 5.87. The quantitative estimate of drug-likeness (QED) is 0.793. The Bertz CT molecular complexity index is 391. The third-order valence-corrected chi connectivity index (χ3v) is 3.85. The van der Waals surface area contributed by atoms with Crippen LogP contribution in [-0.4, -0.2) is 30.7 Å². The summed E-state index contributed by atoms with van der Waals surface area (Å²) in [5, 5.41) is 0. The molecule has 1 fully saturated rings. The Morgan fingerprint density at radius 3 is 2.90 bits per heavy atom. The van der Waals surface area contributed by atoms with E-state index >= 15 is 0 Å². The van der Waals surface area contributed by atoms with Gasteiger partial charge in [-0.05, 0) is 44.4 Å². The smallest absolute Gasteiger partial charge is 0.171 e. The predicted octanol–water partition coefficient (Wildman–Crippen LogP) is 2.97. The molecule has 0 aromatic carbocycles. The van der Waals surface area contributed by atoms with Crippen LogP contribution in [0.25, 0.3) is 0 Å². The molecule has 20 heavy (non-hydrogen) atoms. The molecule has 112 valence electrons. The molecule has 0 aliphatic heterocycles. The van der Waals surface area contributed by atoms with Gasteiger partial charge in [0.05, 0.1) is 6.61 Å². The van der Waals surface area contributed by atoms with Crippen molar-refractivity contribution in [1.82, 2.24) is 4.98 Å². The van der Waals surface area contributed by atoms with Crippen molar-refractivity contribution in [3.05, 3.63) is 18.3 Å². The van der Waals surface area contributed by atoms with Crippen molar-refractivity contribution >= 4 is 5.82 Å². The fourth-order valence-electron chi connectivity index (χ4n) is 2.86. The zero-order valence-corrected chi connectivity index (χ0v) is 12.6. The van der Waals surface area contributed by atoms with Crippen LogP contribution < -0.4 is 15.4 Å². The number of nitrogens with zero attached hydrogens (tertiary/aromatic N) is 2. The number of rotatable bonds is 8. The number of nitrogens with two attached hydrogens (primary N) is 1. The monoisotopic (exact) mass is 277 g/mol. The topological polar surface area (TPSA) is 51.4 Å². The zero-order valence-electron chi connectivity index (χ0n) is 12.6. The van der Waals surface area contributed by atoms with Gasteiger partial charge in [0.1, 0.15) is 0 Å². The van der Waals surface area contributed by atoms with Crippen molar-refractivity contribution in [3.63, 3.8) is 0 Å². The minimum atomic E-state index is 0.598. The number of ether oxygens (including phenoxy) is 1. The third kappa shape index (κ3) is 3.85. The van der Waals surface area contributed by atoms with Gasteiger partial charge in [0, 0.05) is 18.8 Å². The van der Waals surface area contributed by atoms with Crippen molar-refractivity contribution in [2.75, 3.05) is 24.6 Å². The molecular weight excluding hydrogens is 250 g/mol. The van der Waals surface area contributed by atoms with Gasteiger partial charge < -0.3 is 15.4 Å². The third-order valence-electron chi connectivity index (χ3n) is 3.85. The normalized spacial score (nSPS) is 15.5. The molecule has 1 saturated carbocycles. The standard InChI is InChI=1S/C16H27N3O/c1-2-13-20-15-9-5-11-18-16(15)19(12-6-10-17)14-7-3-4-8-14/h5,9,11,14H,2-4,6-8,10,12-13,17H2,1H3. The van der Waals surface area contributed by atoms with E-state index in [-0.39, 0.29) is 0 Å². The highest BCUT2D eigenvalue weighted by molar-refractivity contribution is 5.53. The number of hydrogen-bond acceptors (Lipinski definition) is 4. The fraction of sp³-hybridized carbons (Fsp3) is 0.688. The van der Waals surface area contributed by atoms with Gasteiger partial charge in [-0.25, -0.2) is 4.98 Å². The molecule has 0 spiro atoms. The van der Waals surface area contributed by atoms with E-state index in [4.69, 9.17) is 10.5 Å². The highest BCUT2D eigenvalue weighted by Gasteiger charge is 2.25. The Morgan fingerprint density at radius 2 is 2.20 bits per heavy atom. The van der Waals surface area contributed by atoms with Crippen LogP contribution in [0.2, 0.25) is 0 Å². The average molecular weight is 277 g/mol. The first-order valence-corrected chi connectivity index (χ1v) is 7.91. The van der Waals surface area contributed by atoms with Crippen molar-refractivity contribution in [2.24, 2.45) is 5.73 Å². The summed E-state index contributed by atoms with van der Waals surface area (Å²) in [5.74, 6) is 1.92. The Labute approximate surface area is 122 Å². The van der Waals surface area contributed by atoms with E-state index in [9.17, 15) is 0 Å². The molecule has 2 rings (SSSR count). The van der Waals surface area contributed by atoms with Crippen LogP contribution >= 0.6 is 0 Å². The van der Waals surface area contributed by atoms with E-state index in [1.54, 1.807) is 0 Å². The van der Waals surface area contributed by atoms with Crippen LogP contribution in [0.15, 0.2) is 18.3 Å². The van der Waals surface area contributed by atoms with Crippen molar-refractivity contribution < 1.29 is 4.74 Å². The first-order valence-electron chi connectivity index (χ1n) is 7.91. The summed E-state index contributed by atoms with van der Waals surface area (Å²) in [6.07, 6.45) is 9.03. The number of hydrogen-bond donors (Lipinski definition) is 1. The molecule has 1 heterocycles.